The minimum Gasteiger partial charge on any atom is -0.322 e. The number of hydrogen-bond acceptors (Lipinski definition) is 3. The summed E-state index contributed by atoms with van der Waals surface area (Å²) in [6.07, 6.45) is 3.17. The van der Waals surface area contributed by atoms with Crippen LogP contribution in [0.3, 0.4) is 0 Å². The van der Waals surface area contributed by atoms with E-state index in [0.717, 1.165) is 25.8 Å². The summed E-state index contributed by atoms with van der Waals surface area (Å²) in [5, 5.41) is 2.77. The molecule has 0 bridgehead atoms. The van der Waals surface area contributed by atoms with Crippen LogP contribution in [0.25, 0.3) is 0 Å². The van der Waals surface area contributed by atoms with Gasteiger partial charge >= 0.3 is 6.03 Å². The summed E-state index contributed by atoms with van der Waals surface area (Å²) in [6, 6.07) is 5.88. The molecule has 1 N–H and O–H groups in total. The third-order valence-electron chi connectivity index (χ3n) is 3.45. The average Bonchev–Trinajstić information content (AvgIpc) is 2.38. The normalized spacial score (nSPS) is 19.7. The number of anilines is 1. The van der Waals surface area contributed by atoms with Gasteiger partial charge in [-0.3, -0.25) is 0 Å². The molecule has 110 valence electrons. The number of likely N-dealkylation sites (tertiary alicyclic amines) is 1. The Kier molecular flexibility index (Phi) is 4.55. The molecular weight excluding hydrogens is 300 g/mol. The molecular formula is C13H17ClN2O3S. The highest BCUT2D eigenvalue weighted by Crippen LogP contribution is 2.20. The summed E-state index contributed by atoms with van der Waals surface area (Å²) in [7, 11) is 1.51. The van der Waals surface area contributed by atoms with Gasteiger partial charge in [0, 0.05) is 29.0 Å². The number of carbonyl (C=O) groups excluding carboxylic acids is 1. The lowest BCUT2D eigenvalue weighted by atomic mass is 10.0. The molecule has 1 atom stereocenters. The minimum absolute atomic E-state index is 0.0171. The van der Waals surface area contributed by atoms with Crippen LogP contribution < -0.4 is 5.32 Å². The molecule has 1 aromatic rings. The van der Waals surface area contributed by atoms with Crippen molar-refractivity contribution >= 4 is 31.5 Å². The van der Waals surface area contributed by atoms with E-state index < -0.39 is 9.05 Å². The summed E-state index contributed by atoms with van der Waals surface area (Å²) < 4.78 is 22.3. The van der Waals surface area contributed by atoms with Crippen molar-refractivity contribution in [3.8, 4) is 0 Å². The number of piperidine rings is 1. The largest absolute Gasteiger partial charge is 0.322 e. The van der Waals surface area contributed by atoms with Crippen molar-refractivity contribution in [1.29, 1.82) is 0 Å². The van der Waals surface area contributed by atoms with Crippen molar-refractivity contribution in [2.45, 2.75) is 37.1 Å². The molecule has 0 aromatic heterocycles. The number of rotatable bonds is 2. The van der Waals surface area contributed by atoms with Gasteiger partial charge < -0.3 is 10.2 Å². The van der Waals surface area contributed by atoms with Gasteiger partial charge in [0.25, 0.3) is 9.05 Å². The van der Waals surface area contributed by atoms with Gasteiger partial charge in [0.05, 0.1) is 4.90 Å². The van der Waals surface area contributed by atoms with Crippen molar-refractivity contribution in [3.63, 3.8) is 0 Å². The van der Waals surface area contributed by atoms with Crippen LogP contribution in [0.5, 0.6) is 0 Å². The van der Waals surface area contributed by atoms with E-state index in [0.29, 0.717) is 5.69 Å². The lowest BCUT2D eigenvalue weighted by molar-refractivity contribution is 0.170. The van der Waals surface area contributed by atoms with Crippen LogP contribution in [0.1, 0.15) is 26.2 Å². The molecule has 1 aliphatic heterocycles. The Morgan fingerprint density at radius 2 is 1.95 bits per heavy atom. The summed E-state index contributed by atoms with van der Waals surface area (Å²) in [5.74, 6) is 0. The topological polar surface area (TPSA) is 66.5 Å². The van der Waals surface area contributed by atoms with Crippen LogP contribution in [0, 0.1) is 0 Å². The predicted octanol–water partition coefficient (Wildman–Crippen LogP) is 3.02. The monoisotopic (exact) mass is 316 g/mol. The van der Waals surface area contributed by atoms with Crippen molar-refractivity contribution in [3.05, 3.63) is 24.3 Å². The smallest absolute Gasteiger partial charge is 0.322 e. The Morgan fingerprint density at radius 1 is 1.30 bits per heavy atom. The zero-order valence-electron chi connectivity index (χ0n) is 11.2. The SMILES string of the molecule is C[C@@H]1CCCCN1C(=O)Nc1ccc(S(=O)(=O)Cl)cc1. The Bertz CT molecular complexity index is 586. The first-order chi connectivity index (χ1) is 9.38. The van der Waals surface area contributed by atoms with Gasteiger partial charge in [-0.2, -0.15) is 0 Å². The number of carbonyl (C=O) groups is 1. The molecule has 0 aliphatic carbocycles. The molecule has 2 amide bonds. The maximum atomic E-state index is 12.1. The quantitative estimate of drug-likeness (QED) is 0.853. The molecule has 0 unspecified atom stereocenters. The lowest BCUT2D eigenvalue weighted by Gasteiger charge is -2.33. The zero-order valence-corrected chi connectivity index (χ0v) is 12.7. The molecule has 7 heteroatoms. The summed E-state index contributed by atoms with van der Waals surface area (Å²) in [6.45, 7) is 2.78. The maximum absolute atomic E-state index is 12.1. The van der Waals surface area contributed by atoms with Gasteiger partial charge in [-0.25, -0.2) is 13.2 Å². The number of nitrogens with zero attached hydrogens (tertiary/aromatic N) is 1. The van der Waals surface area contributed by atoms with Crippen molar-refractivity contribution in [2.24, 2.45) is 0 Å². The Morgan fingerprint density at radius 3 is 2.50 bits per heavy atom. The third-order valence-corrected chi connectivity index (χ3v) is 4.82. The van der Waals surface area contributed by atoms with Crippen LogP contribution in [0.15, 0.2) is 29.2 Å². The second-order valence-corrected chi connectivity index (χ2v) is 7.50. The van der Waals surface area contributed by atoms with Crippen LogP contribution in [-0.2, 0) is 9.05 Å². The fourth-order valence-corrected chi connectivity index (χ4v) is 3.07. The Hall–Kier alpha value is -1.27. The van der Waals surface area contributed by atoms with E-state index in [1.807, 2.05) is 6.92 Å². The molecule has 1 aromatic carbocycles. The first-order valence-corrected chi connectivity index (χ1v) is 8.81. The van der Waals surface area contributed by atoms with Crippen LogP contribution in [-0.4, -0.2) is 31.9 Å². The molecule has 1 saturated heterocycles. The second kappa shape index (κ2) is 6.01. The molecule has 0 saturated carbocycles. The maximum Gasteiger partial charge on any atom is 0.322 e. The third kappa shape index (κ3) is 3.64. The standard InChI is InChI=1S/C13H17ClN2O3S/c1-10-4-2-3-9-16(10)13(17)15-11-5-7-12(8-6-11)20(14,18)19/h5-8,10H,2-4,9H2,1H3,(H,15,17)/t10-/m1/s1. The van der Waals surface area contributed by atoms with Crippen LogP contribution in [0.4, 0.5) is 10.5 Å². The first kappa shape index (κ1) is 15.1. The van der Waals surface area contributed by atoms with Gasteiger partial charge in [0.15, 0.2) is 0 Å². The van der Waals surface area contributed by atoms with E-state index in [-0.39, 0.29) is 17.0 Å². The van der Waals surface area contributed by atoms with Gasteiger partial charge in [-0.05, 0) is 50.5 Å². The summed E-state index contributed by atoms with van der Waals surface area (Å²) in [5.41, 5.74) is 0.553. The van der Waals surface area contributed by atoms with Crippen molar-refractivity contribution in [2.75, 3.05) is 11.9 Å². The van der Waals surface area contributed by atoms with E-state index in [4.69, 9.17) is 10.7 Å². The fourth-order valence-electron chi connectivity index (χ4n) is 2.30. The van der Waals surface area contributed by atoms with Crippen LogP contribution in [0.2, 0.25) is 0 Å². The van der Waals surface area contributed by atoms with E-state index in [1.165, 1.54) is 24.3 Å². The predicted molar refractivity (Wildman–Crippen MR) is 78.5 cm³/mol. The van der Waals surface area contributed by atoms with E-state index in [2.05, 4.69) is 5.32 Å². The molecule has 5 nitrogen and oxygen atoms in total. The highest BCUT2D eigenvalue weighted by Gasteiger charge is 2.23. The molecule has 0 spiro atoms. The number of urea groups is 1. The molecule has 0 radical (unpaired) electrons. The highest BCUT2D eigenvalue weighted by atomic mass is 35.7. The Balaban J connectivity index is 2.04. The van der Waals surface area contributed by atoms with Crippen molar-refractivity contribution < 1.29 is 13.2 Å². The number of halogens is 1. The zero-order chi connectivity index (χ0) is 14.8. The minimum atomic E-state index is -3.73. The molecule has 1 heterocycles. The first-order valence-electron chi connectivity index (χ1n) is 6.50. The van der Waals surface area contributed by atoms with E-state index >= 15 is 0 Å². The summed E-state index contributed by atoms with van der Waals surface area (Å²) >= 11 is 0. The number of benzene rings is 1. The van der Waals surface area contributed by atoms with Gasteiger partial charge in [0.1, 0.15) is 0 Å². The molecule has 1 aliphatic rings. The van der Waals surface area contributed by atoms with Crippen molar-refractivity contribution in [1.82, 2.24) is 4.90 Å². The van der Waals surface area contributed by atoms with Gasteiger partial charge in [-0.15, -0.1) is 0 Å². The van der Waals surface area contributed by atoms with E-state index in [1.54, 1.807) is 4.90 Å². The molecule has 20 heavy (non-hydrogen) atoms. The number of nitrogens with one attached hydrogen (secondary N) is 1. The summed E-state index contributed by atoms with van der Waals surface area (Å²) in [4.78, 5) is 13.9. The lowest BCUT2D eigenvalue weighted by Crippen LogP contribution is -2.44. The van der Waals surface area contributed by atoms with Gasteiger partial charge in [0.2, 0.25) is 0 Å². The average molecular weight is 317 g/mol. The number of hydrogen-bond donors (Lipinski definition) is 1. The number of amides is 2. The van der Waals surface area contributed by atoms with Gasteiger partial charge in [-0.1, -0.05) is 0 Å². The fraction of sp³-hybridized carbons (Fsp3) is 0.462. The second-order valence-electron chi connectivity index (χ2n) is 4.93. The van der Waals surface area contributed by atoms with Crippen LogP contribution >= 0.6 is 10.7 Å². The van der Waals surface area contributed by atoms with E-state index in [9.17, 15) is 13.2 Å². The molecule has 1 fully saturated rings. The highest BCUT2D eigenvalue weighted by molar-refractivity contribution is 8.13. The Labute approximate surface area is 123 Å². The molecule has 2 rings (SSSR count).